The maximum absolute atomic E-state index is 13.9. The molecule has 2 aromatic carbocycles. The van der Waals surface area contributed by atoms with Crippen molar-refractivity contribution in [2.24, 2.45) is 0 Å². The number of carbonyl (C=O) groups is 4. The number of esters is 2. The maximum atomic E-state index is 13.9. The molecule has 0 N–H and O–H groups in total. The normalized spacial score (nSPS) is 12.6. The molecule has 1 heterocycles. The number of likely N-dealkylation sites (N-methyl/N-ethyl adjacent to an activating group) is 2. The fourth-order valence-electron chi connectivity index (χ4n) is 4.55. The van der Waals surface area contributed by atoms with Gasteiger partial charge in [-0.25, -0.2) is 0 Å². The molecule has 0 saturated heterocycles. The van der Waals surface area contributed by atoms with E-state index < -0.39 is 11.9 Å². The quantitative estimate of drug-likeness (QED) is 0.311. The van der Waals surface area contributed by atoms with E-state index in [0.29, 0.717) is 24.2 Å². The summed E-state index contributed by atoms with van der Waals surface area (Å²) in [4.78, 5) is 55.4. The van der Waals surface area contributed by atoms with Gasteiger partial charge in [0.1, 0.15) is 11.5 Å². The van der Waals surface area contributed by atoms with Crippen molar-refractivity contribution in [3.05, 3.63) is 63.7 Å². The van der Waals surface area contributed by atoms with Crippen molar-refractivity contribution in [3.8, 4) is 11.5 Å². The second kappa shape index (κ2) is 11.6. The van der Waals surface area contributed by atoms with E-state index in [0.717, 1.165) is 22.4 Å². The van der Waals surface area contributed by atoms with Crippen molar-refractivity contribution in [1.82, 2.24) is 9.80 Å². The van der Waals surface area contributed by atoms with E-state index in [2.05, 4.69) is 0 Å². The lowest BCUT2D eigenvalue weighted by Crippen LogP contribution is -2.29. The van der Waals surface area contributed by atoms with E-state index in [-0.39, 0.29) is 35.4 Å². The number of anilines is 1. The van der Waals surface area contributed by atoms with Gasteiger partial charge in [-0.15, -0.1) is 0 Å². The highest BCUT2D eigenvalue weighted by Gasteiger charge is 2.32. The number of fused-ring (bicyclic) bond motifs is 1. The van der Waals surface area contributed by atoms with Gasteiger partial charge in [0.05, 0.1) is 11.3 Å². The van der Waals surface area contributed by atoms with Gasteiger partial charge >= 0.3 is 11.9 Å². The second-order valence-corrected chi connectivity index (χ2v) is 9.78. The molecule has 0 bridgehead atoms. The number of hydrogen-bond acceptors (Lipinski definition) is 7. The number of aryl methyl sites for hydroxylation is 1. The van der Waals surface area contributed by atoms with Gasteiger partial charge in [0.25, 0.3) is 5.91 Å². The third kappa shape index (κ3) is 6.11. The van der Waals surface area contributed by atoms with Gasteiger partial charge < -0.3 is 24.2 Å². The molecule has 9 nitrogen and oxygen atoms in total. The van der Waals surface area contributed by atoms with Gasteiger partial charge in [0, 0.05) is 58.2 Å². The summed E-state index contributed by atoms with van der Waals surface area (Å²) in [6.07, 6.45) is 3.37. The number of hydrogen-bond donors (Lipinski definition) is 0. The average molecular weight is 522 g/mol. The Morgan fingerprint density at radius 2 is 1.55 bits per heavy atom. The van der Waals surface area contributed by atoms with Crippen LogP contribution in [-0.2, 0) is 27.5 Å². The Kier molecular flexibility index (Phi) is 8.73. The predicted octanol–water partition coefficient (Wildman–Crippen LogP) is 3.70. The fraction of sp³-hybridized carbons (Fsp3) is 0.379. The molecule has 0 aliphatic carbocycles. The third-order valence-corrected chi connectivity index (χ3v) is 6.51. The van der Waals surface area contributed by atoms with E-state index in [1.807, 2.05) is 44.1 Å². The fourth-order valence-corrected chi connectivity index (χ4v) is 4.55. The summed E-state index contributed by atoms with van der Waals surface area (Å²) in [6.45, 7) is 9.20. The highest BCUT2D eigenvalue weighted by molar-refractivity contribution is 6.03. The summed E-state index contributed by atoms with van der Waals surface area (Å²) in [5.74, 6) is -1.33. The standard InChI is InChI=1S/C29H35N3O6/c1-17-11-12-22-15-32(16-23(22)28(17)31(8)26(35)10-9-13-30(6)7)29(36)27-19(3)18(2)24(37-20(4)33)14-25(27)38-21(5)34/h9-12,14H,13,15-16H2,1-8H3/b10-9+. The summed E-state index contributed by atoms with van der Waals surface area (Å²) in [7, 11) is 5.59. The Morgan fingerprint density at radius 1 is 0.921 bits per heavy atom. The molecule has 3 rings (SSSR count). The Morgan fingerprint density at radius 3 is 2.16 bits per heavy atom. The van der Waals surface area contributed by atoms with Crippen LogP contribution < -0.4 is 14.4 Å². The number of carbonyl (C=O) groups excluding carboxylic acids is 4. The molecule has 0 spiro atoms. The summed E-state index contributed by atoms with van der Waals surface area (Å²) < 4.78 is 10.7. The molecule has 2 amide bonds. The zero-order valence-corrected chi connectivity index (χ0v) is 23.3. The molecule has 0 fully saturated rings. The highest BCUT2D eigenvalue weighted by Crippen LogP contribution is 2.38. The van der Waals surface area contributed by atoms with Crippen LogP contribution in [0.4, 0.5) is 5.69 Å². The maximum Gasteiger partial charge on any atom is 0.308 e. The van der Waals surface area contributed by atoms with E-state index in [1.54, 1.807) is 36.8 Å². The first-order valence-electron chi connectivity index (χ1n) is 12.3. The minimum Gasteiger partial charge on any atom is -0.426 e. The minimum absolute atomic E-state index is 0.0348. The van der Waals surface area contributed by atoms with Crippen molar-refractivity contribution in [1.29, 1.82) is 0 Å². The van der Waals surface area contributed by atoms with E-state index in [1.165, 1.54) is 19.9 Å². The largest absolute Gasteiger partial charge is 0.426 e. The van der Waals surface area contributed by atoms with Crippen LogP contribution in [0.3, 0.4) is 0 Å². The number of benzene rings is 2. The number of ether oxygens (including phenoxy) is 2. The summed E-state index contributed by atoms with van der Waals surface area (Å²) in [5.41, 5.74) is 4.92. The van der Waals surface area contributed by atoms with Crippen molar-refractivity contribution in [2.45, 2.75) is 47.7 Å². The topological polar surface area (TPSA) is 96.5 Å². The molecule has 0 unspecified atom stereocenters. The second-order valence-electron chi connectivity index (χ2n) is 9.78. The van der Waals surface area contributed by atoms with Gasteiger partial charge in [0.2, 0.25) is 5.91 Å². The Bertz CT molecular complexity index is 1330. The number of amides is 2. The molecule has 0 saturated carbocycles. The highest BCUT2D eigenvalue weighted by atomic mass is 16.5. The van der Waals surface area contributed by atoms with Crippen LogP contribution in [0.5, 0.6) is 11.5 Å². The Labute approximate surface area is 223 Å². The van der Waals surface area contributed by atoms with Crippen molar-refractivity contribution >= 4 is 29.4 Å². The minimum atomic E-state index is -0.596. The van der Waals surface area contributed by atoms with E-state index >= 15 is 0 Å². The molecule has 0 atom stereocenters. The summed E-state index contributed by atoms with van der Waals surface area (Å²) in [6, 6.07) is 5.32. The molecule has 9 heteroatoms. The molecule has 202 valence electrons. The molecule has 0 aromatic heterocycles. The van der Waals surface area contributed by atoms with Crippen LogP contribution >= 0.6 is 0 Å². The molecule has 38 heavy (non-hydrogen) atoms. The van der Waals surface area contributed by atoms with E-state index in [9.17, 15) is 19.2 Å². The molecule has 1 aliphatic heterocycles. The van der Waals surface area contributed by atoms with Crippen LogP contribution in [0.2, 0.25) is 0 Å². The van der Waals surface area contributed by atoms with Crippen molar-refractivity contribution in [2.75, 3.05) is 32.6 Å². The molecule has 2 aromatic rings. The summed E-state index contributed by atoms with van der Waals surface area (Å²) >= 11 is 0. The molecular weight excluding hydrogens is 486 g/mol. The van der Waals surface area contributed by atoms with Crippen LogP contribution in [0.15, 0.2) is 30.4 Å². The van der Waals surface area contributed by atoms with Crippen molar-refractivity contribution < 1.29 is 28.7 Å². The Balaban J connectivity index is 1.98. The van der Waals surface area contributed by atoms with E-state index in [4.69, 9.17) is 9.47 Å². The predicted molar refractivity (Wildman–Crippen MR) is 144 cm³/mol. The third-order valence-electron chi connectivity index (χ3n) is 6.51. The number of rotatable bonds is 7. The number of nitrogens with zero attached hydrogens (tertiary/aromatic N) is 3. The summed E-state index contributed by atoms with van der Waals surface area (Å²) in [5, 5.41) is 0. The lowest BCUT2D eigenvalue weighted by molar-refractivity contribution is -0.132. The van der Waals surface area contributed by atoms with Crippen molar-refractivity contribution in [3.63, 3.8) is 0 Å². The monoisotopic (exact) mass is 521 g/mol. The van der Waals surface area contributed by atoms with Gasteiger partial charge in [-0.1, -0.05) is 18.2 Å². The van der Waals surface area contributed by atoms with Gasteiger partial charge in [0.15, 0.2) is 0 Å². The van der Waals surface area contributed by atoms with Gasteiger partial charge in [-0.2, -0.15) is 0 Å². The SMILES string of the molecule is CC(=O)Oc1cc(OC(C)=O)c(C(=O)N2Cc3ccc(C)c(N(C)C(=O)/C=C/CN(C)C)c3C2)c(C)c1C. The first kappa shape index (κ1) is 28.6. The first-order valence-corrected chi connectivity index (χ1v) is 12.3. The van der Waals surface area contributed by atoms with Crippen LogP contribution in [0.1, 0.15) is 52.0 Å². The van der Waals surface area contributed by atoms with Gasteiger partial charge in [-0.3, -0.25) is 19.2 Å². The molecule has 1 aliphatic rings. The zero-order chi connectivity index (χ0) is 28.3. The van der Waals surface area contributed by atoms with Crippen LogP contribution in [0.25, 0.3) is 0 Å². The first-order chi connectivity index (χ1) is 17.8. The molecular formula is C29H35N3O6. The molecule has 0 radical (unpaired) electrons. The van der Waals surface area contributed by atoms with Crippen LogP contribution in [0, 0.1) is 20.8 Å². The zero-order valence-electron chi connectivity index (χ0n) is 23.3. The lowest BCUT2D eigenvalue weighted by atomic mass is 9.99. The Hall–Kier alpha value is -3.98. The lowest BCUT2D eigenvalue weighted by Gasteiger charge is -2.23. The smallest absolute Gasteiger partial charge is 0.308 e. The average Bonchev–Trinajstić information content (AvgIpc) is 3.25. The van der Waals surface area contributed by atoms with Crippen LogP contribution in [-0.4, -0.2) is 61.2 Å². The van der Waals surface area contributed by atoms with Gasteiger partial charge in [-0.05, 0) is 57.1 Å².